The van der Waals surface area contributed by atoms with E-state index in [0.29, 0.717) is 12.8 Å². The lowest BCUT2D eigenvalue weighted by Crippen LogP contribution is -2.37. The second kappa shape index (κ2) is 4.77. The minimum Gasteiger partial charge on any atom is -0.296 e. The van der Waals surface area contributed by atoms with E-state index < -0.39 is 5.67 Å². The summed E-state index contributed by atoms with van der Waals surface area (Å²) in [5, 5.41) is 0. The first-order chi connectivity index (χ1) is 7.71. The number of carbonyl (C=O) groups is 1. The molecule has 2 heteroatoms. The van der Waals surface area contributed by atoms with Crippen molar-refractivity contribution in [1.29, 1.82) is 0 Å². The Labute approximate surface area is 95.7 Å². The molecule has 16 heavy (non-hydrogen) atoms. The van der Waals surface area contributed by atoms with Crippen LogP contribution in [0.25, 0.3) is 0 Å². The Bertz CT molecular complexity index is 352. The highest BCUT2D eigenvalue weighted by molar-refractivity contribution is 5.89. The van der Waals surface area contributed by atoms with Gasteiger partial charge in [-0.05, 0) is 31.2 Å². The number of hydrogen-bond donors (Lipinski definition) is 0. The van der Waals surface area contributed by atoms with Gasteiger partial charge in [0.1, 0.15) is 0 Å². The molecule has 0 atom stereocenters. The molecule has 0 aliphatic heterocycles. The van der Waals surface area contributed by atoms with Gasteiger partial charge in [-0.2, -0.15) is 0 Å². The molecule has 0 amide bonds. The maximum absolute atomic E-state index is 14.3. The van der Waals surface area contributed by atoms with Crippen LogP contribution in [-0.2, 0) is 11.2 Å². The van der Waals surface area contributed by atoms with Gasteiger partial charge in [0, 0.05) is 6.42 Å². The van der Waals surface area contributed by atoms with E-state index in [4.69, 9.17) is 0 Å². The second-order valence-electron chi connectivity index (χ2n) is 4.61. The number of rotatable bonds is 3. The lowest BCUT2D eigenvalue weighted by Gasteiger charge is -2.27. The molecule has 0 saturated heterocycles. The number of carbonyl (C=O) groups excluding carboxylic acids is 1. The van der Waals surface area contributed by atoms with Crippen molar-refractivity contribution in [2.24, 2.45) is 0 Å². The lowest BCUT2D eigenvalue weighted by molar-refractivity contribution is -0.131. The van der Waals surface area contributed by atoms with Crippen LogP contribution in [0.2, 0.25) is 0 Å². The molecule has 86 valence electrons. The van der Waals surface area contributed by atoms with Gasteiger partial charge < -0.3 is 0 Å². The Morgan fingerprint density at radius 1 is 1.12 bits per heavy atom. The molecule has 1 fully saturated rings. The fraction of sp³-hybridized carbons (Fsp3) is 0.500. The van der Waals surface area contributed by atoms with Crippen LogP contribution in [0.5, 0.6) is 0 Å². The highest BCUT2D eigenvalue weighted by atomic mass is 19.1. The second-order valence-corrected chi connectivity index (χ2v) is 4.61. The predicted octanol–water partition coefficient (Wildman–Crippen LogP) is 3.47. The number of alkyl halides is 1. The van der Waals surface area contributed by atoms with Crippen LogP contribution in [0.3, 0.4) is 0 Å². The topological polar surface area (TPSA) is 17.1 Å². The molecular formula is C14H17FO. The van der Waals surface area contributed by atoms with Gasteiger partial charge in [0.05, 0.1) is 0 Å². The molecule has 1 saturated carbocycles. The standard InChI is InChI=1S/C14H17FO/c15-14(9-5-2-6-10-14)13(16)11-12-7-3-1-4-8-12/h1,3-4,7-8H,2,5-6,9-11H2. The number of ketones is 1. The maximum atomic E-state index is 14.3. The van der Waals surface area contributed by atoms with E-state index in [0.717, 1.165) is 24.8 Å². The third-order valence-electron chi connectivity index (χ3n) is 3.35. The van der Waals surface area contributed by atoms with Crippen LogP contribution in [0.4, 0.5) is 4.39 Å². The lowest BCUT2D eigenvalue weighted by atomic mass is 9.81. The summed E-state index contributed by atoms with van der Waals surface area (Å²) < 4.78 is 14.3. The van der Waals surface area contributed by atoms with Crippen LogP contribution in [-0.4, -0.2) is 11.5 Å². The number of halogens is 1. The van der Waals surface area contributed by atoms with E-state index in [1.54, 1.807) is 0 Å². The van der Waals surface area contributed by atoms with Gasteiger partial charge in [0.25, 0.3) is 0 Å². The minimum absolute atomic E-state index is 0.233. The van der Waals surface area contributed by atoms with Crippen molar-refractivity contribution in [2.45, 2.75) is 44.2 Å². The summed E-state index contributed by atoms with van der Waals surface area (Å²) in [6.45, 7) is 0. The molecule has 0 aromatic heterocycles. The Balaban J connectivity index is 2.02. The van der Waals surface area contributed by atoms with E-state index in [9.17, 15) is 9.18 Å². The largest absolute Gasteiger partial charge is 0.296 e. The summed E-state index contributed by atoms with van der Waals surface area (Å²) in [5.41, 5.74) is -0.635. The first kappa shape index (κ1) is 11.3. The third kappa shape index (κ3) is 2.49. The van der Waals surface area contributed by atoms with E-state index in [1.807, 2.05) is 30.3 Å². The molecule has 1 nitrogen and oxygen atoms in total. The SMILES string of the molecule is O=C(Cc1ccccc1)C1(F)CCCCC1. The molecule has 0 unspecified atom stereocenters. The normalized spacial score (nSPS) is 19.3. The molecular weight excluding hydrogens is 203 g/mol. The van der Waals surface area contributed by atoms with Crippen LogP contribution < -0.4 is 0 Å². The number of hydrogen-bond acceptors (Lipinski definition) is 1. The van der Waals surface area contributed by atoms with Gasteiger partial charge in [-0.25, -0.2) is 4.39 Å². The smallest absolute Gasteiger partial charge is 0.174 e. The van der Waals surface area contributed by atoms with Crippen molar-refractivity contribution >= 4 is 5.78 Å². The zero-order valence-corrected chi connectivity index (χ0v) is 9.42. The van der Waals surface area contributed by atoms with Crippen molar-refractivity contribution in [3.05, 3.63) is 35.9 Å². The number of Topliss-reactive ketones (excluding diaryl/α,β-unsaturated/α-hetero) is 1. The average Bonchev–Trinajstić information content (AvgIpc) is 2.31. The highest BCUT2D eigenvalue weighted by Crippen LogP contribution is 2.33. The monoisotopic (exact) mass is 220 g/mol. The van der Waals surface area contributed by atoms with E-state index in [1.165, 1.54) is 0 Å². The molecule has 0 spiro atoms. The van der Waals surface area contributed by atoms with Crippen molar-refractivity contribution in [2.75, 3.05) is 0 Å². The van der Waals surface area contributed by atoms with Crippen LogP contribution in [0.15, 0.2) is 30.3 Å². The molecule has 1 aliphatic carbocycles. The summed E-state index contributed by atoms with van der Waals surface area (Å²) >= 11 is 0. The summed E-state index contributed by atoms with van der Waals surface area (Å²) in [7, 11) is 0. The van der Waals surface area contributed by atoms with Crippen molar-refractivity contribution in [3.63, 3.8) is 0 Å². The van der Waals surface area contributed by atoms with E-state index >= 15 is 0 Å². The Morgan fingerprint density at radius 3 is 2.38 bits per heavy atom. The maximum Gasteiger partial charge on any atom is 0.174 e. The summed E-state index contributed by atoms with van der Waals surface area (Å²) in [6, 6.07) is 9.43. The van der Waals surface area contributed by atoms with E-state index in [-0.39, 0.29) is 12.2 Å². The fourth-order valence-corrected chi connectivity index (χ4v) is 2.33. The molecule has 0 bridgehead atoms. The van der Waals surface area contributed by atoms with Gasteiger partial charge in [-0.3, -0.25) is 4.79 Å². The zero-order chi connectivity index (χ0) is 11.4. The first-order valence-corrected chi connectivity index (χ1v) is 5.97. The Kier molecular flexibility index (Phi) is 3.37. The van der Waals surface area contributed by atoms with Crippen LogP contribution in [0.1, 0.15) is 37.7 Å². The quantitative estimate of drug-likeness (QED) is 0.762. The fourth-order valence-electron chi connectivity index (χ4n) is 2.33. The predicted molar refractivity (Wildman–Crippen MR) is 62.1 cm³/mol. The van der Waals surface area contributed by atoms with Gasteiger partial charge in [-0.15, -0.1) is 0 Å². The molecule has 1 aromatic rings. The summed E-state index contributed by atoms with van der Waals surface area (Å²) in [4.78, 5) is 11.9. The third-order valence-corrected chi connectivity index (χ3v) is 3.35. The zero-order valence-electron chi connectivity index (χ0n) is 9.42. The van der Waals surface area contributed by atoms with Gasteiger partial charge in [0.2, 0.25) is 0 Å². The highest BCUT2D eigenvalue weighted by Gasteiger charge is 2.38. The average molecular weight is 220 g/mol. The molecule has 2 rings (SSSR count). The van der Waals surface area contributed by atoms with Crippen molar-refractivity contribution < 1.29 is 9.18 Å². The number of benzene rings is 1. The van der Waals surface area contributed by atoms with Crippen LogP contribution >= 0.6 is 0 Å². The van der Waals surface area contributed by atoms with Gasteiger partial charge >= 0.3 is 0 Å². The van der Waals surface area contributed by atoms with E-state index in [2.05, 4.69) is 0 Å². The molecule has 0 heterocycles. The molecule has 1 aromatic carbocycles. The molecule has 0 radical (unpaired) electrons. The Hall–Kier alpha value is -1.18. The molecule has 0 N–H and O–H groups in total. The summed E-state index contributed by atoms with van der Waals surface area (Å²) in [5.74, 6) is -0.238. The van der Waals surface area contributed by atoms with Gasteiger partial charge in [0.15, 0.2) is 11.5 Å². The van der Waals surface area contributed by atoms with Crippen LogP contribution in [0, 0.1) is 0 Å². The minimum atomic E-state index is -1.55. The van der Waals surface area contributed by atoms with Crippen molar-refractivity contribution in [3.8, 4) is 0 Å². The van der Waals surface area contributed by atoms with Crippen molar-refractivity contribution in [1.82, 2.24) is 0 Å². The Morgan fingerprint density at radius 2 is 1.75 bits per heavy atom. The molecule has 1 aliphatic rings. The first-order valence-electron chi connectivity index (χ1n) is 5.97. The summed E-state index contributed by atoms with van der Waals surface area (Å²) in [6.07, 6.45) is 3.81. The van der Waals surface area contributed by atoms with Gasteiger partial charge in [-0.1, -0.05) is 36.8 Å².